The van der Waals surface area contributed by atoms with E-state index < -0.39 is 10.8 Å². The molecule has 7 nitrogen and oxygen atoms in total. The van der Waals surface area contributed by atoms with E-state index in [2.05, 4.69) is 4.99 Å². The molecule has 0 saturated carbocycles. The first-order valence-electron chi connectivity index (χ1n) is 7.71. The Labute approximate surface area is 162 Å². The first-order valence-corrected chi connectivity index (χ1v) is 8.96. The maximum absolute atomic E-state index is 12.4. The van der Waals surface area contributed by atoms with E-state index in [1.54, 1.807) is 40.4 Å². The van der Waals surface area contributed by atoms with Crippen molar-refractivity contribution in [3.05, 3.63) is 91.2 Å². The van der Waals surface area contributed by atoms with Crippen LogP contribution in [0, 0.1) is 10.1 Å². The Morgan fingerprint density at radius 3 is 2.59 bits per heavy atom. The van der Waals surface area contributed by atoms with Gasteiger partial charge in [-0.1, -0.05) is 41.9 Å². The van der Waals surface area contributed by atoms with Crippen LogP contribution in [0.4, 0.5) is 5.69 Å². The third-order valence-corrected chi connectivity index (χ3v) is 4.77. The number of rotatable bonds is 5. The second-order valence-electron chi connectivity index (χ2n) is 5.44. The third kappa shape index (κ3) is 4.36. The molecule has 0 atom stereocenters. The van der Waals surface area contributed by atoms with E-state index in [-0.39, 0.29) is 28.6 Å². The molecule has 0 aliphatic heterocycles. The molecule has 0 fully saturated rings. The van der Waals surface area contributed by atoms with Crippen molar-refractivity contribution < 1.29 is 14.5 Å². The summed E-state index contributed by atoms with van der Waals surface area (Å²) in [6.07, 6.45) is 1.65. The van der Waals surface area contributed by atoms with Gasteiger partial charge in [-0.25, -0.2) is 0 Å². The highest BCUT2D eigenvalue weighted by atomic mass is 35.5. The lowest BCUT2D eigenvalue weighted by Crippen LogP contribution is -2.21. The van der Waals surface area contributed by atoms with Gasteiger partial charge in [-0.2, -0.15) is 4.99 Å². The Balaban J connectivity index is 1.88. The van der Waals surface area contributed by atoms with Crippen LogP contribution in [0.25, 0.3) is 0 Å². The number of amides is 1. The molecule has 0 saturated heterocycles. The molecule has 1 aromatic heterocycles. The second-order valence-corrected chi connectivity index (χ2v) is 6.72. The number of nitrogens with zero attached hydrogens (tertiary/aromatic N) is 3. The standard InChI is InChI=1S/C18H12ClN3O4S/c19-14-7-6-13(10-15(14)22(25)26)17(24)20-18-21(8-9-27-18)11-16(23)12-4-2-1-3-5-12/h1-10H,11H2. The van der Waals surface area contributed by atoms with E-state index >= 15 is 0 Å². The van der Waals surface area contributed by atoms with Crippen LogP contribution in [0.5, 0.6) is 0 Å². The number of carbonyl (C=O) groups is 2. The second kappa shape index (κ2) is 8.07. The molecule has 136 valence electrons. The Bertz CT molecular complexity index is 1090. The van der Waals surface area contributed by atoms with Gasteiger partial charge in [0.2, 0.25) is 0 Å². The number of nitro benzene ring substituents is 1. The van der Waals surface area contributed by atoms with Crippen LogP contribution in [-0.2, 0) is 6.54 Å². The van der Waals surface area contributed by atoms with Gasteiger partial charge in [0, 0.05) is 28.8 Å². The molecule has 0 radical (unpaired) electrons. The van der Waals surface area contributed by atoms with Crippen molar-refractivity contribution in [1.29, 1.82) is 0 Å². The zero-order valence-electron chi connectivity index (χ0n) is 13.7. The van der Waals surface area contributed by atoms with Gasteiger partial charge in [0.25, 0.3) is 11.6 Å². The highest BCUT2D eigenvalue weighted by Gasteiger charge is 2.16. The number of aromatic nitrogens is 1. The fourth-order valence-electron chi connectivity index (χ4n) is 2.31. The van der Waals surface area contributed by atoms with E-state index in [1.807, 2.05) is 6.07 Å². The van der Waals surface area contributed by atoms with Crippen molar-refractivity contribution in [3.63, 3.8) is 0 Å². The number of halogens is 1. The lowest BCUT2D eigenvalue weighted by Gasteiger charge is -2.03. The summed E-state index contributed by atoms with van der Waals surface area (Å²) in [5, 5.41) is 12.6. The van der Waals surface area contributed by atoms with Crippen LogP contribution in [0.2, 0.25) is 5.02 Å². The third-order valence-electron chi connectivity index (χ3n) is 3.66. The van der Waals surface area contributed by atoms with Crippen molar-refractivity contribution in [2.75, 3.05) is 0 Å². The lowest BCUT2D eigenvalue weighted by atomic mass is 10.1. The highest BCUT2D eigenvalue weighted by Crippen LogP contribution is 2.25. The number of nitro groups is 1. The van der Waals surface area contributed by atoms with Crippen molar-refractivity contribution in [2.45, 2.75) is 6.54 Å². The molecule has 3 aromatic rings. The van der Waals surface area contributed by atoms with E-state index in [9.17, 15) is 19.7 Å². The Morgan fingerprint density at radius 2 is 1.89 bits per heavy atom. The van der Waals surface area contributed by atoms with Crippen LogP contribution >= 0.6 is 22.9 Å². The molecule has 0 bridgehead atoms. The average molecular weight is 402 g/mol. The number of benzene rings is 2. The minimum atomic E-state index is -0.664. The fourth-order valence-corrected chi connectivity index (χ4v) is 3.23. The SMILES string of the molecule is O=C(Cn1ccsc1=NC(=O)c1ccc(Cl)c([N+](=O)[O-])c1)c1ccccc1. The van der Waals surface area contributed by atoms with Gasteiger partial charge in [-0.05, 0) is 12.1 Å². The molecule has 1 amide bonds. The summed E-state index contributed by atoms with van der Waals surface area (Å²) < 4.78 is 1.56. The summed E-state index contributed by atoms with van der Waals surface area (Å²) >= 11 is 6.94. The summed E-state index contributed by atoms with van der Waals surface area (Å²) in [6, 6.07) is 12.5. The number of hydrogen-bond acceptors (Lipinski definition) is 5. The molecule has 0 aliphatic rings. The van der Waals surface area contributed by atoms with E-state index in [1.165, 1.54) is 23.5 Å². The minimum Gasteiger partial charge on any atom is -0.316 e. The van der Waals surface area contributed by atoms with Gasteiger partial charge >= 0.3 is 0 Å². The predicted molar refractivity (Wildman–Crippen MR) is 101 cm³/mol. The summed E-state index contributed by atoms with van der Waals surface area (Å²) in [6.45, 7) is 0.0282. The molecule has 1 heterocycles. The minimum absolute atomic E-state index is 0.0282. The van der Waals surface area contributed by atoms with Crippen molar-refractivity contribution in [2.24, 2.45) is 4.99 Å². The van der Waals surface area contributed by atoms with Crippen LogP contribution in [-0.4, -0.2) is 21.2 Å². The molecule has 0 N–H and O–H groups in total. The molecule has 0 aliphatic carbocycles. The Hall–Kier alpha value is -3.10. The number of Topliss-reactive ketones (excluding diaryl/α,β-unsaturated/α-hetero) is 1. The number of hydrogen-bond donors (Lipinski definition) is 0. The van der Waals surface area contributed by atoms with Crippen LogP contribution in [0.15, 0.2) is 65.1 Å². The quantitative estimate of drug-likeness (QED) is 0.369. The van der Waals surface area contributed by atoms with Crippen molar-refractivity contribution in [1.82, 2.24) is 4.57 Å². The van der Waals surface area contributed by atoms with Gasteiger partial charge < -0.3 is 4.57 Å². The summed E-state index contributed by atoms with van der Waals surface area (Å²) in [4.78, 5) is 39.3. The number of thiazole rings is 1. The van der Waals surface area contributed by atoms with E-state index in [4.69, 9.17) is 11.6 Å². The van der Waals surface area contributed by atoms with E-state index in [0.717, 1.165) is 6.07 Å². The fraction of sp³-hybridized carbons (Fsp3) is 0.0556. The molecule has 0 unspecified atom stereocenters. The highest BCUT2D eigenvalue weighted by molar-refractivity contribution is 7.07. The summed E-state index contributed by atoms with van der Waals surface area (Å²) in [7, 11) is 0. The van der Waals surface area contributed by atoms with Crippen molar-refractivity contribution >= 4 is 40.3 Å². The molecule has 9 heteroatoms. The smallest absolute Gasteiger partial charge is 0.288 e. The lowest BCUT2D eigenvalue weighted by molar-refractivity contribution is -0.384. The van der Waals surface area contributed by atoms with Gasteiger partial charge in [0.1, 0.15) is 5.02 Å². The normalized spacial score (nSPS) is 11.4. The largest absolute Gasteiger partial charge is 0.316 e. The zero-order chi connectivity index (χ0) is 19.4. The van der Waals surface area contributed by atoms with Gasteiger partial charge in [0.15, 0.2) is 10.6 Å². The monoisotopic (exact) mass is 401 g/mol. The Kier molecular flexibility index (Phi) is 5.58. The Morgan fingerprint density at radius 1 is 1.15 bits per heavy atom. The zero-order valence-corrected chi connectivity index (χ0v) is 15.3. The molecule has 2 aromatic carbocycles. The van der Waals surface area contributed by atoms with E-state index in [0.29, 0.717) is 10.4 Å². The van der Waals surface area contributed by atoms with Crippen LogP contribution in [0.3, 0.4) is 0 Å². The molecule has 0 spiro atoms. The molecule has 27 heavy (non-hydrogen) atoms. The number of ketones is 1. The maximum atomic E-state index is 12.4. The topological polar surface area (TPSA) is 94.6 Å². The maximum Gasteiger partial charge on any atom is 0.288 e. The first kappa shape index (κ1) is 18.7. The van der Waals surface area contributed by atoms with Crippen LogP contribution < -0.4 is 4.80 Å². The molecule has 3 rings (SSSR count). The van der Waals surface area contributed by atoms with Gasteiger partial charge in [-0.3, -0.25) is 19.7 Å². The van der Waals surface area contributed by atoms with Crippen molar-refractivity contribution in [3.8, 4) is 0 Å². The van der Waals surface area contributed by atoms with Gasteiger partial charge in [-0.15, -0.1) is 11.3 Å². The predicted octanol–water partition coefficient (Wildman–Crippen LogP) is 3.74. The summed E-state index contributed by atoms with van der Waals surface area (Å²) in [5.41, 5.74) is 0.235. The average Bonchev–Trinajstić information content (AvgIpc) is 3.09. The summed E-state index contributed by atoms with van der Waals surface area (Å²) in [5.74, 6) is -0.775. The van der Waals surface area contributed by atoms with Crippen LogP contribution in [0.1, 0.15) is 20.7 Å². The molecular formula is C18H12ClN3O4S. The molecular weight excluding hydrogens is 390 g/mol. The number of carbonyl (C=O) groups excluding carboxylic acids is 2. The van der Waals surface area contributed by atoms with Gasteiger partial charge in [0.05, 0.1) is 11.5 Å². The first-order chi connectivity index (χ1) is 13.0.